The predicted molar refractivity (Wildman–Crippen MR) is 95.6 cm³/mol. The molecule has 0 unspecified atom stereocenters. The first-order valence-electron chi connectivity index (χ1n) is 9.45. The van der Waals surface area contributed by atoms with E-state index in [-0.39, 0.29) is 17.1 Å². The number of rotatable bonds is 3. The molecule has 0 aliphatic heterocycles. The van der Waals surface area contributed by atoms with Gasteiger partial charge in [-0.25, -0.2) is 0 Å². The van der Waals surface area contributed by atoms with Gasteiger partial charge in [0.1, 0.15) is 6.10 Å². The summed E-state index contributed by atoms with van der Waals surface area (Å²) in [4.78, 5) is 13.0. The van der Waals surface area contributed by atoms with Gasteiger partial charge in [-0.3, -0.25) is 4.79 Å². The number of methoxy groups -OCH3 is 1. The van der Waals surface area contributed by atoms with Crippen molar-refractivity contribution in [2.45, 2.75) is 65.9 Å². The number of Topliss-reactive ketones (excluding diaryl/α,β-unsaturated/α-hetero) is 1. The summed E-state index contributed by atoms with van der Waals surface area (Å²) in [5, 5.41) is 10.9. The fourth-order valence-electron chi connectivity index (χ4n) is 5.44. The fourth-order valence-corrected chi connectivity index (χ4v) is 5.44. The van der Waals surface area contributed by atoms with Crippen LogP contribution in [-0.2, 0) is 9.53 Å². The number of aliphatic hydroxyl groups is 1. The summed E-state index contributed by atoms with van der Waals surface area (Å²) in [7, 11) is 1.75. The van der Waals surface area contributed by atoms with Crippen molar-refractivity contribution in [3.8, 4) is 0 Å². The van der Waals surface area contributed by atoms with Gasteiger partial charge in [-0.15, -0.1) is 0 Å². The number of ether oxygens (including phenoxy) is 1. The normalized spacial score (nSPS) is 37.0. The van der Waals surface area contributed by atoms with Crippen LogP contribution < -0.4 is 0 Å². The Morgan fingerprint density at radius 1 is 1.33 bits per heavy atom. The van der Waals surface area contributed by atoms with Crippen molar-refractivity contribution in [2.24, 2.45) is 23.2 Å². The van der Waals surface area contributed by atoms with E-state index in [0.717, 1.165) is 37.7 Å². The van der Waals surface area contributed by atoms with Crippen LogP contribution >= 0.6 is 0 Å². The van der Waals surface area contributed by atoms with E-state index in [4.69, 9.17) is 4.74 Å². The van der Waals surface area contributed by atoms with Gasteiger partial charge in [-0.1, -0.05) is 38.8 Å². The van der Waals surface area contributed by atoms with E-state index in [1.807, 2.05) is 6.92 Å². The second-order valence-corrected chi connectivity index (χ2v) is 8.63. The summed E-state index contributed by atoms with van der Waals surface area (Å²) in [6.07, 6.45) is 4.20. The Labute approximate surface area is 146 Å². The number of fused-ring (bicyclic) bond motifs is 2. The minimum absolute atomic E-state index is 0.0251. The molecule has 1 N–H and O–H groups in total. The van der Waals surface area contributed by atoms with Crippen LogP contribution in [0.2, 0.25) is 0 Å². The fraction of sp³-hybridized carbons (Fsp3) is 0.762. The lowest BCUT2D eigenvalue weighted by atomic mass is 9.66. The van der Waals surface area contributed by atoms with Crippen molar-refractivity contribution in [1.29, 1.82) is 0 Å². The van der Waals surface area contributed by atoms with Crippen LogP contribution in [0.15, 0.2) is 22.3 Å². The highest BCUT2D eigenvalue weighted by Gasteiger charge is 2.49. The Balaban J connectivity index is 2.11. The van der Waals surface area contributed by atoms with Crippen molar-refractivity contribution in [3.05, 3.63) is 22.3 Å². The zero-order valence-corrected chi connectivity index (χ0v) is 15.8. The molecule has 4 atom stereocenters. The molecule has 3 aliphatic carbocycles. The maximum absolute atomic E-state index is 13.0. The van der Waals surface area contributed by atoms with Crippen molar-refractivity contribution in [1.82, 2.24) is 0 Å². The average Bonchev–Trinajstić information content (AvgIpc) is 3.07. The van der Waals surface area contributed by atoms with E-state index in [0.29, 0.717) is 18.4 Å². The number of hydrogen-bond acceptors (Lipinski definition) is 3. The van der Waals surface area contributed by atoms with Crippen LogP contribution in [0.3, 0.4) is 0 Å². The zero-order valence-electron chi connectivity index (χ0n) is 15.8. The van der Waals surface area contributed by atoms with E-state index >= 15 is 0 Å². The molecule has 134 valence electrons. The molecule has 0 aromatic carbocycles. The number of allylic oxidation sites excluding steroid dienone is 2. The van der Waals surface area contributed by atoms with E-state index in [9.17, 15) is 9.90 Å². The highest BCUT2D eigenvalue weighted by atomic mass is 16.5. The SMILES string of the molecule is COCC1=C2C[C@@]3(C)CCC(C(C)C)=C3[C@@H](O)C(=O)[C@H](C)[C@@H]2CC1. The highest BCUT2D eigenvalue weighted by molar-refractivity contribution is 5.89. The van der Waals surface area contributed by atoms with Crippen LogP contribution in [0.25, 0.3) is 0 Å². The van der Waals surface area contributed by atoms with Crippen LogP contribution in [-0.4, -0.2) is 30.7 Å². The third kappa shape index (κ3) is 2.70. The molecule has 3 aliphatic rings. The van der Waals surface area contributed by atoms with Gasteiger partial charge >= 0.3 is 0 Å². The van der Waals surface area contributed by atoms with Crippen molar-refractivity contribution < 1.29 is 14.6 Å². The van der Waals surface area contributed by atoms with E-state index in [1.165, 1.54) is 16.7 Å². The van der Waals surface area contributed by atoms with Crippen LogP contribution in [0.1, 0.15) is 59.8 Å². The molecule has 24 heavy (non-hydrogen) atoms. The number of carbonyl (C=O) groups excluding carboxylic acids is 1. The number of aliphatic hydroxyl groups excluding tert-OH is 1. The van der Waals surface area contributed by atoms with Gasteiger partial charge in [0.25, 0.3) is 0 Å². The van der Waals surface area contributed by atoms with Gasteiger partial charge in [0, 0.05) is 13.0 Å². The Kier molecular flexibility index (Phi) is 4.78. The summed E-state index contributed by atoms with van der Waals surface area (Å²) in [5.74, 6) is 0.608. The second kappa shape index (κ2) is 6.42. The molecule has 1 fully saturated rings. The maximum Gasteiger partial charge on any atom is 0.168 e. The van der Waals surface area contributed by atoms with E-state index in [1.54, 1.807) is 7.11 Å². The van der Waals surface area contributed by atoms with Crippen molar-refractivity contribution >= 4 is 5.78 Å². The van der Waals surface area contributed by atoms with Crippen LogP contribution in [0.5, 0.6) is 0 Å². The van der Waals surface area contributed by atoms with Gasteiger partial charge in [-0.05, 0) is 60.5 Å². The highest BCUT2D eigenvalue weighted by Crippen LogP contribution is 2.55. The lowest BCUT2D eigenvalue weighted by Crippen LogP contribution is -2.40. The van der Waals surface area contributed by atoms with Gasteiger partial charge in [0.05, 0.1) is 6.61 Å². The van der Waals surface area contributed by atoms with Crippen LogP contribution in [0.4, 0.5) is 0 Å². The largest absolute Gasteiger partial charge is 0.381 e. The monoisotopic (exact) mass is 332 g/mol. The maximum atomic E-state index is 13.0. The third-order valence-electron chi connectivity index (χ3n) is 6.79. The molecule has 0 aromatic heterocycles. The summed E-state index contributed by atoms with van der Waals surface area (Å²) in [6, 6.07) is 0. The number of hydrogen-bond donors (Lipinski definition) is 1. The van der Waals surface area contributed by atoms with Crippen molar-refractivity contribution in [2.75, 3.05) is 13.7 Å². The Morgan fingerprint density at radius 3 is 2.67 bits per heavy atom. The number of carbonyl (C=O) groups is 1. The molecule has 0 saturated heterocycles. The molecule has 0 heterocycles. The minimum Gasteiger partial charge on any atom is -0.381 e. The zero-order chi connectivity index (χ0) is 17.6. The summed E-state index contributed by atoms with van der Waals surface area (Å²) < 4.78 is 5.43. The van der Waals surface area contributed by atoms with Gasteiger partial charge in [0.15, 0.2) is 5.78 Å². The van der Waals surface area contributed by atoms with Gasteiger partial charge in [-0.2, -0.15) is 0 Å². The van der Waals surface area contributed by atoms with Gasteiger partial charge in [0.2, 0.25) is 0 Å². The topological polar surface area (TPSA) is 46.5 Å². The lowest BCUT2D eigenvalue weighted by molar-refractivity contribution is -0.131. The standard InChI is InChI=1S/C21H32O3/c1-12(2)15-8-9-21(4)10-17-14(11-24-5)6-7-16(17)13(3)19(22)20(23)18(15)21/h12-13,16,20,23H,6-11H2,1-5H3/t13-,16+,20-,21-/m1/s1. The minimum atomic E-state index is -0.905. The Morgan fingerprint density at radius 2 is 2.04 bits per heavy atom. The lowest BCUT2D eigenvalue weighted by Gasteiger charge is -2.38. The molecule has 3 nitrogen and oxygen atoms in total. The molecule has 0 spiro atoms. The van der Waals surface area contributed by atoms with E-state index < -0.39 is 6.10 Å². The second-order valence-electron chi connectivity index (χ2n) is 8.63. The van der Waals surface area contributed by atoms with E-state index in [2.05, 4.69) is 20.8 Å². The Hall–Kier alpha value is -0.930. The molecular formula is C21H32O3. The summed E-state index contributed by atoms with van der Waals surface area (Å²) in [6.45, 7) is 9.32. The molecule has 0 radical (unpaired) electrons. The molecule has 0 bridgehead atoms. The Bertz CT molecular complexity index is 598. The first-order valence-corrected chi connectivity index (χ1v) is 9.45. The first-order chi connectivity index (χ1) is 11.3. The average molecular weight is 332 g/mol. The first kappa shape index (κ1) is 17.9. The predicted octanol–water partition coefficient (Wildman–Crippen LogP) is 4.06. The van der Waals surface area contributed by atoms with Crippen LogP contribution in [0, 0.1) is 23.2 Å². The molecule has 3 rings (SSSR count). The quantitative estimate of drug-likeness (QED) is 0.793. The van der Waals surface area contributed by atoms with Crippen molar-refractivity contribution in [3.63, 3.8) is 0 Å². The third-order valence-corrected chi connectivity index (χ3v) is 6.79. The summed E-state index contributed by atoms with van der Waals surface area (Å²) >= 11 is 0. The smallest absolute Gasteiger partial charge is 0.168 e. The molecule has 0 aromatic rings. The summed E-state index contributed by atoms with van der Waals surface area (Å²) in [5.41, 5.74) is 5.14. The molecule has 3 heteroatoms. The molecular weight excluding hydrogens is 300 g/mol. The molecule has 1 saturated carbocycles. The molecule has 0 amide bonds. The van der Waals surface area contributed by atoms with Gasteiger partial charge < -0.3 is 9.84 Å². The number of ketones is 1.